The van der Waals surface area contributed by atoms with Crippen LogP contribution in [0, 0.1) is 32.9 Å². The van der Waals surface area contributed by atoms with Crippen LogP contribution in [-0.2, 0) is 33.3 Å². The third kappa shape index (κ3) is 6.36. The second kappa shape index (κ2) is 14.2. The summed E-state index contributed by atoms with van der Waals surface area (Å²) in [6.45, 7) is 15.3. The number of para-hydroxylation sites is 1. The van der Waals surface area contributed by atoms with Crippen molar-refractivity contribution in [2.45, 2.75) is 73.6 Å². The first-order valence-electron chi connectivity index (χ1n) is 17.1. The van der Waals surface area contributed by atoms with Gasteiger partial charge in [0.15, 0.2) is 0 Å². The van der Waals surface area contributed by atoms with Gasteiger partial charge in [-0.15, -0.1) is 41.3 Å². The number of aromatic nitrogens is 4. The van der Waals surface area contributed by atoms with Gasteiger partial charge in [0.2, 0.25) is 0 Å². The van der Waals surface area contributed by atoms with Crippen molar-refractivity contribution in [3.63, 3.8) is 0 Å². The van der Waals surface area contributed by atoms with Crippen molar-refractivity contribution in [1.29, 1.82) is 0 Å². The van der Waals surface area contributed by atoms with Crippen LogP contribution in [0.2, 0.25) is 0 Å². The molecule has 0 N–H and O–H groups in total. The van der Waals surface area contributed by atoms with Crippen LogP contribution in [-0.4, -0.2) is 19.3 Å². The van der Waals surface area contributed by atoms with Gasteiger partial charge in [-0.3, -0.25) is 4.68 Å². The number of fused-ring (bicyclic) bond motifs is 3. The Hall–Kier alpha value is -4.50. The molecule has 0 atom stereocenters. The van der Waals surface area contributed by atoms with Crippen LogP contribution in [0.3, 0.4) is 0 Å². The van der Waals surface area contributed by atoms with Gasteiger partial charge in [0, 0.05) is 34.5 Å². The van der Waals surface area contributed by atoms with Crippen LogP contribution in [0.4, 0.5) is 0 Å². The summed E-state index contributed by atoms with van der Waals surface area (Å²) >= 11 is 0. The Balaban J connectivity index is 0.00000417. The number of aryl methyl sites for hydroxylation is 4. The van der Waals surface area contributed by atoms with Crippen LogP contribution in [0.15, 0.2) is 85.1 Å². The summed E-state index contributed by atoms with van der Waals surface area (Å²) in [6, 6.07) is 34.9. The van der Waals surface area contributed by atoms with Crippen molar-refractivity contribution in [3.05, 3.63) is 131 Å². The van der Waals surface area contributed by atoms with Crippen molar-refractivity contribution in [3.8, 4) is 34.1 Å². The van der Waals surface area contributed by atoms with Crippen LogP contribution in [0.25, 0.3) is 44.4 Å². The Kier molecular flexibility index (Phi) is 9.93. The van der Waals surface area contributed by atoms with Crippen molar-refractivity contribution < 1.29 is 25.2 Å². The van der Waals surface area contributed by atoms with E-state index < -0.39 is 0 Å². The number of hydrogen-bond acceptors (Lipinski definition) is 3. The van der Waals surface area contributed by atoms with Gasteiger partial charge in [0.25, 0.3) is 0 Å². The average molecular weight is 737 g/mol. The quantitative estimate of drug-likeness (QED) is 0.109. The van der Waals surface area contributed by atoms with Crippen LogP contribution in [0.5, 0.6) is 11.5 Å². The van der Waals surface area contributed by atoms with E-state index in [0.29, 0.717) is 11.5 Å². The van der Waals surface area contributed by atoms with E-state index in [-0.39, 0.29) is 26.3 Å². The van der Waals surface area contributed by atoms with Gasteiger partial charge in [-0.2, -0.15) is 11.2 Å². The molecule has 250 valence electrons. The van der Waals surface area contributed by atoms with Crippen molar-refractivity contribution >= 4 is 21.8 Å². The second-order valence-corrected chi connectivity index (χ2v) is 13.0. The Morgan fingerprint density at radius 1 is 0.816 bits per heavy atom. The first kappa shape index (κ1) is 34.4. The molecule has 7 aromatic rings. The zero-order valence-corrected chi connectivity index (χ0v) is 30.8. The summed E-state index contributed by atoms with van der Waals surface area (Å²) in [7, 11) is 0. The standard InChI is InChI=1S/C43H42N4O.Pd/c1-8-13-31-20-21-44-41(22-31)46-39-17-11-10-16-37(39)38-19-18-35(26-40(38)46)48-36-24-33(27(3)4)23-34(25-36)47-30(7)43(29(6)45-47)42-28(5)14-12-15-32(42)9-2;/h10-12,14-24,27H,8-9,13H2,1-7H3;/q-2;+2. The van der Waals surface area contributed by atoms with Crippen molar-refractivity contribution in [2.75, 3.05) is 0 Å². The molecule has 0 saturated carbocycles. The van der Waals surface area contributed by atoms with E-state index in [2.05, 4.69) is 138 Å². The van der Waals surface area contributed by atoms with Crippen LogP contribution >= 0.6 is 0 Å². The smallest absolute Gasteiger partial charge is 0.509 e. The van der Waals surface area contributed by atoms with Gasteiger partial charge in [0.1, 0.15) is 5.82 Å². The fourth-order valence-electron chi connectivity index (χ4n) is 6.99. The monoisotopic (exact) mass is 736 g/mol. The van der Waals surface area contributed by atoms with Gasteiger partial charge in [-0.25, -0.2) is 4.98 Å². The summed E-state index contributed by atoms with van der Waals surface area (Å²) in [6.07, 6.45) is 4.96. The first-order valence-corrected chi connectivity index (χ1v) is 17.1. The third-order valence-corrected chi connectivity index (χ3v) is 9.38. The Morgan fingerprint density at radius 3 is 2.41 bits per heavy atom. The SMILES string of the molecule is CCCc1ccnc(-n2c3[c-]c(Oc4[c-]c(-n5nc(C)c(-c6c(C)cccc6CC)c5C)cc(C(C)C)c4)ccc3c3ccccc32)c1.[Pd+2]. The molecule has 5 nitrogen and oxygen atoms in total. The minimum absolute atomic E-state index is 0. The summed E-state index contributed by atoms with van der Waals surface area (Å²) in [5.41, 5.74) is 12.5. The Bertz CT molecular complexity index is 2290. The van der Waals surface area contributed by atoms with Gasteiger partial charge in [0.05, 0.1) is 5.69 Å². The molecule has 3 heterocycles. The van der Waals surface area contributed by atoms with Crippen LogP contribution in [0.1, 0.15) is 73.7 Å². The summed E-state index contributed by atoms with van der Waals surface area (Å²) in [5.74, 6) is 2.43. The molecule has 0 bridgehead atoms. The van der Waals surface area contributed by atoms with E-state index in [9.17, 15) is 0 Å². The number of hydrogen-bond donors (Lipinski definition) is 0. The molecule has 49 heavy (non-hydrogen) atoms. The molecule has 0 aliphatic heterocycles. The van der Waals surface area contributed by atoms with E-state index in [1.165, 1.54) is 27.8 Å². The molecule has 6 heteroatoms. The number of ether oxygens (including phenoxy) is 1. The molecule has 0 radical (unpaired) electrons. The zero-order valence-electron chi connectivity index (χ0n) is 29.3. The average Bonchev–Trinajstić information content (AvgIpc) is 3.57. The fourth-order valence-corrected chi connectivity index (χ4v) is 6.99. The molecule has 3 aromatic heterocycles. The maximum absolute atomic E-state index is 6.62. The maximum atomic E-state index is 6.62. The number of benzene rings is 4. The molecule has 0 amide bonds. The third-order valence-electron chi connectivity index (χ3n) is 9.38. The van der Waals surface area contributed by atoms with Crippen LogP contribution < -0.4 is 4.74 Å². The first-order chi connectivity index (χ1) is 23.3. The van der Waals surface area contributed by atoms with E-state index >= 15 is 0 Å². The van der Waals surface area contributed by atoms with Crippen molar-refractivity contribution in [1.82, 2.24) is 19.3 Å². The van der Waals surface area contributed by atoms with Gasteiger partial charge < -0.3 is 9.30 Å². The maximum Gasteiger partial charge on any atom is 2.00 e. The number of nitrogens with zero attached hydrogens (tertiary/aromatic N) is 4. The molecule has 0 aliphatic carbocycles. The molecule has 4 aromatic carbocycles. The van der Waals surface area contributed by atoms with E-state index in [1.54, 1.807) is 0 Å². The fraction of sp³-hybridized carbons (Fsp3) is 0.256. The zero-order chi connectivity index (χ0) is 33.5. The minimum Gasteiger partial charge on any atom is -0.509 e. The minimum atomic E-state index is 0. The predicted octanol–water partition coefficient (Wildman–Crippen LogP) is 11.0. The molecule has 0 fully saturated rings. The predicted molar refractivity (Wildman–Crippen MR) is 197 cm³/mol. The molecular formula is C43H42N4OPd. The second-order valence-electron chi connectivity index (χ2n) is 13.0. The van der Waals surface area contributed by atoms with Crippen molar-refractivity contribution in [2.24, 2.45) is 0 Å². The molecule has 0 unspecified atom stereocenters. The largest absolute Gasteiger partial charge is 2.00 e. The summed E-state index contributed by atoms with van der Waals surface area (Å²) in [4.78, 5) is 4.80. The molecular weight excluding hydrogens is 695 g/mol. The van der Waals surface area contributed by atoms with Gasteiger partial charge in [-0.1, -0.05) is 76.0 Å². The van der Waals surface area contributed by atoms with E-state index in [4.69, 9.17) is 14.8 Å². The Morgan fingerprint density at radius 2 is 1.63 bits per heavy atom. The number of rotatable bonds is 9. The van der Waals surface area contributed by atoms with E-state index in [1.807, 2.05) is 16.9 Å². The molecule has 0 spiro atoms. The molecule has 7 rings (SSSR count). The number of pyridine rings is 1. The molecule has 0 aliphatic rings. The molecule has 0 saturated heterocycles. The normalized spacial score (nSPS) is 11.4. The van der Waals surface area contributed by atoms with E-state index in [0.717, 1.165) is 69.5 Å². The topological polar surface area (TPSA) is 44.9 Å². The summed E-state index contributed by atoms with van der Waals surface area (Å²) < 4.78 is 10.8. The summed E-state index contributed by atoms with van der Waals surface area (Å²) in [5, 5.41) is 7.34. The van der Waals surface area contributed by atoms with Gasteiger partial charge >= 0.3 is 20.4 Å². The van der Waals surface area contributed by atoms with Gasteiger partial charge in [-0.05, 0) is 91.1 Å². The Labute approximate surface area is 303 Å².